The van der Waals surface area contributed by atoms with Gasteiger partial charge < -0.3 is 4.74 Å². The largest absolute Gasteiger partial charge is 0.370 e. The van der Waals surface area contributed by atoms with Crippen molar-refractivity contribution in [3.05, 3.63) is 51.3 Å². The Morgan fingerprint density at radius 1 is 1.28 bits per heavy atom. The Hall–Kier alpha value is -2.51. The van der Waals surface area contributed by atoms with E-state index in [-0.39, 0.29) is 11.3 Å². The van der Waals surface area contributed by atoms with Crippen LogP contribution in [0.25, 0.3) is 27.3 Å². The van der Waals surface area contributed by atoms with E-state index >= 15 is 0 Å². The first-order valence-electron chi connectivity index (χ1n) is 8.14. The topological polar surface area (TPSA) is 72.3 Å². The molecule has 6 nitrogen and oxygen atoms in total. The van der Waals surface area contributed by atoms with Crippen molar-refractivity contribution in [1.82, 2.24) is 19.6 Å². The monoisotopic (exact) mass is 352 g/mol. The van der Waals surface area contributed by atoms with Crippen molar-refractivity contribution in [1.29, 1.82) is 0 Å². The molecule has 0 aliphatic carbocycles. The molecule has 1 aliphatic heterocycles. The van der Waals surface area contributed by atoms with Gasteiger partial charge in [-0.25, -0.2) is 9.78 Å². The summed E-state index contributed by atoms with van der Waals surface area (Å²) in [5, 5.41) is 5.42. The molecule has 0 atom stereocenters. The molecular formula is C18H16N4O2S. The van der Waals surface area contributed by atoms with Gasteiger partial charge in [0.05, 0.1) is 17.6 Å². The summed E-state index contributed by atoms with van der Waals surface area (Å²) < 4.78 is 7.29. The number of nitrogens with one attached hydrogen (secondary N) is 1. The second kappa shape index (κ2) is 5.00. The Kier molecular flexibility index (Phi) is 2.96. The Morgan fingerprint density at radius 2 is 2.08 bits per heavy atom. The summed E-state index contributed by atoms with van der Waals surface area (Å²) in [5.41, 5.74) is 2.23. The van der Waals surface area contributed by atoms with E-state index in [1.165, 1.54) is 10.1 Å². The summed E-state index contributed by atoms with van der Waals surface area (Å²) in [6, 6.07) is 9.71. The van der Waals surface area contributed by atoms with Crippen LogP contribution in [0.1, 0.15) is 24.3 Å². The van der Waals surface area contributed by atoms with E-state index in [2.05, 4.69) is 23.9 Å². The Labute approximate surface area is 147 Å². The Bertz CT molecular complexity index is 1170. The van der Waals surface area contributed by atoms with E-state index in [9.17, 15) is 4.79 Å². The molecule has 1 aliphatic rings. The van der Waals surface area contributed by atoms with Gasteiger partial charge in [0.15, 0.2) is 11.5 Å². The first-order valence-corrected chi connectivity index (χ1v) is 8.96. The molecule has 0 radical (unpaired) electrons. The van der Waals surface area contributed by atoms with Gasteiger partial charge in [-0.15, -0.1) is 16.4 Å². The maximum Gasteiger partial charge on any atom is 0.349 e. The average molecular weight is 352 g/mol. The zero-order chi connectivity index (χ0) is 17.2. The third-order valence-electron chi connectivity index (χ3n) is 4.56. The smallest absolute Gasteiger partial charge is 0.349 e. The van der Waals surface area contributed by atoms with Crippen LogP contribution in [-0.4, -0.2) is 25.2 Å². The number of fused-ring (bicyclic) bond motifs is 5. The fourth-order valence-electron chi connectivity index (χ4n) is 3.35. The number of aromatic amines is 1. The van der Waals surface area contributed by atoms with Gasteiger partial charge in [-0.2, -0.15) is 4.52 Å². The third-order valence-corrected chi connectivity index (χ3v) is 5.68. The first-order chi connectivity index (χ1) is 12.0. The second-order valence-corrected chi connectivity index (χ2v) is 8.01. The normalized spacial score (nSPS) is 16.4. The van der Waals surface area contributed by atoms with Crippen molar-refractivity contribution in [2.24, 2.45) is 0 Å². The van der Waals surface area contributed by atoms with E-state index in [0.717, 1.165) is 27.1 Å². The number of ether oxygens (including phenoxy) is 1. The van der Waals surface area contributed by atoms with Crippen molar-refractivity contribution in [2.75, 3.05) is 0 Å². The van der Waals surface area contributed by atoms with Gasteiger partial charge in [-0.05, 0) is 19.4 Å². The third kappa shape index (κ3) is 2.23. The minimum Gasteiger partial charge on any atom is -0.370 e. The highest BCUT2D eigenvalue weighted by molar-refractivity contribution is 7.19. The van der Waals surface area contributed by atoms with Crippen LogP contribution in [0.4, 0.5) is 0 Å². The fraction of sp³-hybridized carbons (Fsp3) is 0.278. The number of H-pyrrole nitrogens is 1. The van der Waals surface area contributed by atoms with Crippen LogP contribution >= 0.6 is 11.3 Å². The Balaban J connectivity index is 1.84. The van der Waals surface area contributed by atoms with Crippen LogP contribution in [0, 0.1) is 0 Å². The summed E-state index contributed by atoms with van der Waals surface area (Å²) >= 11 is 1.57. The van der Waals surface area contributed by atoms with Crippen molar-refractivity contribution in [3.8, 4) is 11.4 Å². The lowest BCUT2D eigenvalue weighted by atomic mass is 9.94. The van der Waals surface area contributed by atoms with Crippen molar-refractivity contribution in [3.63, 3.8) is 0 Å². The molecule has 0 bridgehead atoms. The van der Waals surface area contributed by atoms with Crippen LogP contribution in [0.5, 0.6) is 0 Å². The van der Waals surface area contributed by atoms with Crippen molar-refractivity contribution < 1.29 is 4.74 Å². The molecule has 7 heteroatoms. The molecular weight excluding hydrogens is 336 g/mol. The van der Waals surface area contributed by atoms with Gasteiger partial charge in [0.2, 0.25) is 0 Å². The van der Waals surface area contributed by atoms with Gasteiger partial charge in [-0.1, -0.05) is 30.3 Å². The van der Waals surface area contributed by atoms with Crippen LogP contribution in [0.15, 0.2) is 35.1 Å². The van der Waals surface area contributed by atoms with Gasteiger partial charge in [0.1, 0.15) is 4.83 Å². The molecule has 3 aromatic heterocycles. The standard InChI is InChI=1S/C18H16N4O2S/c1-18(2)8-11-12(9-24-18)25-16-13(11)15-19-14(10-6-4-3-5-7-10)21-22(15)17(23)20-16/h3-7H,8-9H2,1-2H3,(H,20,23). The number of thiophene rings is 1. The molecule has 1 N–H and O–H groups in total. The predicted molar refractivity (Wildman–Crippen MR) is 97.0 cm³/mol. The predicted octanol–water partition coefficient (Wildman–Crippen LogP) is 3.15. The number of nitrogens with zero attached hydrogens (tertiary/aromatic N) is 3. The van der Waals surface area contributed by atoms with E-state index in [0.29, 0.717) is 18.1 Å². The van der Waals surface area contributed by atoms with Crippen LogP contribution in [0.2, 0.25) is 0 Å². The molecule has 0 amide bonds. The summed E-state index contributed by atoms with van der Waals surface area (Å²) in [5.74, 6) is 0.560. The zero-order valence-electron chi connectivity index (χ0n) is 13.9. The molecule has 4 heterocycles. The number of aromatic nitrogens is 4. The van der Waals surface area contributed by atoms with E-state index in [1.54, 1.807) is 11.3 Å². The van der Waals surface area contributed by atoms with Crippen molar-refractivity contribution >= 4 is 27.2 Å². The number of rotatable bonds is 1. The van der Waals surface area contributed by atoms with Gasteiger partial charge in [0.25, 0.3) is 0 Å². The van der Waals surface area contributed by atoms with Crippen LogP contribution in [0.3, 0.4) is 0 Å². The summed E-state index contributed by atoms with van der Waals surface area (Å²) in [6.07, 6.45) is 0.789. The molecule has 0 spiro atoms. The molecule has 25 heavy (non-hydrogen) atoms. The lowest BCUT2D eigenvalue weighted by molar-refractivity contribution is -0.0379. The molecule has 1 aromatic carbocycles. The lowest BCUT2D eigenvalue weighted by Crippen LogP contribution is -2.31. The second-order valence-electron chi connectivity index (χ2n) is 6.90. The summed E-state index contributed by atoms with van der Waals surface area (Å²) in [4.78, 5) is 22.1. The maximum absolute atomic E-state index is 12.5. The minimum atomic E-state index is -0.268. The van der Waals surface area contributed by atoms with Crippen molar-refractivity contribution in [2.45, 2.75) is 32.5 Å². The lowest BCUT2D eigenvalue weighted by Gasteiger charge is -2.30. The fourth-order valence-corrected chi connectivity index (χ4v) is 4.47. The molecule has 0 fully saturated rings. The Morgan fingerprint density at radius 3 is 2.88 bits per heavy atom. The molecule has 126 valence electrons. The molecule has 4 aromatic rings. The molecule has 0 saturated heterocycles. The van der Waals surface area contributed by atoms with Gasteiger partial charge in [-0.3, -0.25) is 4.98 Å². The van der Waals surface area contributed by atoms with Crippen LogP contribution < -0.4 is 5.69 Å². The van der Waals surface area contributed by atoms with Crippen LogP contribution in [-0.2, 0) is 17.8 Å². The van der Waals surface area contributed by atoms with E-state index in [4.69, 9.17) is 9.72 Å². The molecule has 5 rings (SSSR count). The molecule has 0 unspecified atom stereocenters. The van der Waals surface area contributed by atoms with E-state index < -0.39 is 0 Å². The first kappa shape index (κ1) is 14.8. The highest BCUT2D eigenvalue weighted by Gasteiger charge is 2.31. The number of benzene rings is 1. The number of hydrogen-bond donors (Lipinski definition) is 1. The molecule has 0 saturated carbocycles. The maximum atomic E-state index is 12.5. The SMILES string of the molecule is CC1(C)Cc2c(sc3[nH]c(=O)n4nc(-c5ccccc5)nc4c23)CO1. The van der Waals surface area contributed by atoms with Gasteiger partial charge >= 0.3 is 5.69 Å². The number of hydrogen-bond acceptors (Lipinski definition) is 5. The van der Waals surface area contributed by atoms with Gasteiger partial charge in [0, 0.05) is 16.9 Å². The highest BCUT2D eigenvalue weighted by Crippen LogP contribution is 2.39. The average Bonchev–Trinajstić information content (AvgIpc) is 3.16. The highest BCUT2D eigenvalue weighted by atomic mass is 32.1. The summed E-state index contributed by atoms with van der Waals surface area (Å²) in [7, 11) is 0. The quantitative estimate of drug-likeness (QED) is 0.571. The summed E-state index contributed by atoms with van der Waals surface area (Å²) in [6.45, 7) is 4.73. The van der Waals surface area contributed by atoms with E-state index in [1.807, 2.05) is 30.3 Å². The minimum absolute atomic E-state index is 0.226. The zero-order valence-corrected chi connectivity index (χ0v) is 14.7.